The summed E-state index contributed by atoms with van der Waals surface area (Å²) >= 11 is 0. The third-order valence-electron chi connectivity index (χ3n) is 0. The fourth-order valence-corrected chi connectivity index (χ4v) is 0. The Kier molecular flexibility index (Phi) is 132. The van der Waals surface area contributed by atoms with Gasteiger partial charge in [-0.3, -0.25) is 0 Å². The first kappa shape index (κ1) is 30.3. The zero-order valence-corrected chi connectivity index (χ0v) is 7.66. The zero-order valence-electron chi connectivity index (χ0n) is 1.58. The number of hydrogen-bond donors (Lipinski definition) is 0. The third kappa shape index (κ3) is 8.82. The second-order valence-electron chi connectivity index (χ2n) is 0. The van der Waals surface area contributed by atoms with Crippen LogP contribution >= 0.6 is 0 Å². The molecule has 0 saturated carbocycles. The Morgan fingerprint density at radius 2 is 1.00 bits per heavy atom. The maximum Gasteiger partial charge on any atom is 0 e. The predicted octanol–water partition coefficient (Wildman–Crippen LogP) is -1.48. The van der Waals surface area contributed by atoms with Crippen LogP contribution in [0.4, 0.5) is 0 Å². The van der Waals surface area contributed by atoms with Crippen molar-refractivity contribution in [3.05, 3.63) is 0 Å². The Bertz CT molecular complexity index is 8.00. The van der Waals surface area contributed by atoms with E-state index in [1.807, 2.05) is 0 Å². The maximum atomic E-state index is 0. The van der Waals surface area contributed by atoms with Gasteiger partial charge in [0.15, 0.2) is 0 Å². The summed E-state index contributed by atoms with van der Waals surface area (Å²) in [5, 5.41) is 0. The Labute approximate surface area is 84.5 Å². The van der Waals surface area contributed by atoms with Crippen LogP contribution < -0.4 is 0 Å². The van der Waals surface area contributed by atoms with Crippen LogP contribution in [0.25, 0.3) is 0 Å². The van der Waals surface area contributed by atoms with Gasteiger partial charge in [-0.25, -0.2) is 0 Å². The monoisotopic (exact) mass is 255 g/mol. The molecule has 1 nitrogen and oxygen atoms in total. The minimum atomic E-state index is 0. The van der Waals surface area contributed by atoms with Crippen LogP contribution in [0.2, 0.25) is 0 Å². The van der Waals surface area contributed by atoms with E-state index in [4.69, 9.17) is 0 Å². The van der Waals surface area contributed by atoms with E-state index >= 15 is 0 Å². The van der Waals surface area contributed by atoms with Crippen molar-refractivity contribution in [1.82, 2.24) is 0 Å². The minimum absolute atomic E-state index is 0. The molecule has 0 unspecified atom stereocenters. The molecule has 4 heavy (non-hydrogen) atoms. The smallest absolute Gasteiger partial charge is 0 e. The standard InChI is InChI=1S/La.Li.H2O.Zr.H/h;;1H2;;. The maximum absolute atomic E-state index is 0. The van der Waals surface area contributed by atoms with Crippen LogP contribution in [-0.2, 0) is 26.2 Å². The molecule has 0 aromatic rings. The summed E-state index contributed by atoms with van der Waals surface area (Å²) in [7, 11) is 0. The van der Waals surface area contributed by atoms with Crippen LogP contribution in [0.5, 0.6) is 0 Å². The molecule has 0 amide bonds. The molecule has 17 valence electrons. The second-order valence-corrected chi connectivity index (χ2v) is 0. The summed E-state index contributed by atoms with van der Waals surface area (Å²) in [4.78, 5) is 0. The van der Waals surface area contributed by atoms with Crippen LogP contribution in [0, 0.1) is 35.6 Å². The molecule has 1 radical (unpaired) electrons. The third-order valence-corrected chi connectivity index (χ3v) is 0. The topological polar surface area (TPSA) is 31.5 Å². The molecule has 0 bridgehead atoms. The van der Waals surface area contributed by atoms with E-state index in [1.54, 1.807) is 0 Å². The van der Waals surface area contributed by atoms with Crippen LogP contribution in [0.15, 0.2) is 0 Å². The van der Waals surface area contributed by atoms with Crippen LogP contribution in [0.1, 0.15) is 0 Å². The molecule has 0 rings (SSSR count). The molecule has 0 aliphatic heterocycles. The van der Waals surface area contributed by atoms with Gasteiger partial charge >= 0.3 is 18.9 Å². The van der Waals surface area contributed by atoms with E-state index in [2.05, 4.69) is 0 Å². The fourth-order valence-electron chi connectivity index (χ4n) is 0. The van der Waals surface area contributed by atoms with Gasteiger partial charge in [0.05, 0.1) is 0 Å². The van der Waals surface area contributed by atoms with Gasteiger partial charge in [-0.1, -0.05) is 0 Å². The summed E-state index contributed by atoms with van der Waals surface area (Å²) in [6, 6.07) is 0. The second kappa shape index (κ2) is 17.4. The summed E-state index contributed by atoms with van der Waals surface area (Å²) in [6.07, 6.45) is 0. The van der Waals surface area contributed by atoms with Gasteiger partial charge in [-0.05, 0) is 0 Å². The summed E-state index contributed by atoms with van der Waals surface area (Å²) < 4.78 is 0. The summed E-state index contributed by atoms with van der Waals surface area (Å²) in [5.74, 6) is 0. The molecule has 0 aromatic carbocycles. The van der Waals surface area contributed by atoms with Gasteiger partial charge in [0.1, 0.15) is 0 Å². The predicted molar refractivity (Wildman–Crippen MR) is 10.8 cm³/mol. The molecule has 0 saturated heterocycles. The Morgan fingerprint density at radius 1 is 1.00 bits per heavy atom. The SMILES string of the molecule is O.[La].[LiH].[Zr]. The molecular formula is H3LaLiOZr. The molecule has 0 aromatic heterocycles. The van der Waals surface area contributed by atoms with Crippen molar-refractivity contribution >= 4 is 18.9 Å². The van der Waals surface area contributed by atoms with E-state index < -0.39 is 0 Å². The first-order valence-electron chi connectivity index (χ1n) is 0. The molecule has 0 aliphatic carbocycles. The average molecular weight is 256 g/mol. The van der Waals surface area contributed by atoms with E-state index in [0.717, 1.165) is 0 Å². The van der Waals surface area contributed by atoms with Crippen molar-refractivity contribution in [2.24, 2.45) is 0 Å². The molecule has 0 atom stereocenters. The molecule has 2 N–H and O–H groups in total. The molecule has 0 fully saturated rings. The Hall–Kier alpha value is 2.64. The largest absolute Gasteiger partial charge is 0 e. The molecule has 0 aliphatic rings. The summed E-state index contributed by atoms with van der Waals surface area (Å²) in [5.41, 5.74) is 0. The van der Waals surface area contributed by atoms with Crippen molar-refractivity contribution < 1.29 is 67.3 Å². The number of hydrogen-bond acceptors (Lipinski definition) is 0. The van der Waals surface area contributed by atoms with Crippen molar-refractivity contribution in [3.63, 3.8) is 0 Å². The Balaban J connectivity index is 0. The quantitative estimate of drug-likeness (QED) is 0.474. The molecule has 4 heteroatoms. The van der Waals surface area contributed by atoms with Crippen molar-refractivity contribution in [2.45, 2.75) is 0 Å². The van der Waals surface area contributed by atoms with E-state index in [-0.39, 0.29) is 86.1 Å². The Morgan fingerprint density at radius 3 is 1.00 bits per heavy atom. The first-order chi connectivity index (χ1) is 0. The fraction of sp³-hybridized carbons (Fsp3) is 0. The first-order valence-corrected chi connectivity index (χ1v) is 0. The van der Waals surface area contributed by atoms with Crippen molar-refractivity contribution in [2.75, 3.05) is 0 Å². The van der Waals surface area contributed by atoms with Gasteiger partial charge in [0, 0.05) is 61.8 Å². The van der Waals surface area contributed by atoms with Crippen molar-refractivity contribution in [3.8, 4) is 0 Å². The van der Waals surface area contributed by atoms with Crippen molar-refractivity contribution in [1.29, 1.82) is 0 Å². The molecule has 0 spiro atoms. The number of rotatable bonds is 0. The average Bonchev–Trinajstić information content (AvgIpc) is 0. The van der Waals surface area contributed by atoms with Crippen LogP contribution in [-0.4, -0.2) is 24.3 Å². The normalized spacial score (nSPS) is 0. The van der Waals surface area contributed by atoms with E-state index in [9.17, 15) is 0 Å². The van der Waals surface area contributed by atoms with Gasteiger partial charge in [0.25, 0.3) is 0 Å². The van der Waals surface area contributed by atoms with Gasteiger partial charge in [0.2, 0.25) is 0 Å². The van der Waals surface area contributed by atoms with E-state index in [1.165, 1.54) is 0 Å². The van der Waals surface area contributed by atoms with Gasteiger partial charge < -0.3 is 5.48 Å². The molecular weight excluding hydrogens is 253 g/mol. The van der Waals surface area contributed by atoms with Gasteiger partial charge in [-0.2, -0.15) is 0 Å². The van der Waals surface area contributed by atoms with Gasteiger partial charge in [-0.15, -0.1) is 0 Å². The van der Waals surface area contributed by atoms with E-state index in [0.29, 0.717) is 0 Å². The zero-order chi connectivity index (χ0) is 0. The van der Waals surface area contributed by atoms with Crippen LogP contribution in [0.3, 0.4) is 0 Å². The molecule has 0 heterocycles. The summed E-state index contributed by atoms with van der Waals surface area (Å²) in [6.45, 7) is 0. The minimum Gasteiger partial charge on any atom is 0 e.